The number of piperazine rings is 1. The molecule has 0 saturated carbocycles. The van der Waals surface area contributed by atoms with Crippen molar-refractivity contribution in [3.05, 3.63) is 29.8 Å². The van der Waals surface area contributed by atoms with Crippen LogP contribution < -0.4 is 10.2 Å². The van der Waals surface area contributed by atoms with Crippen molar-refractivity contribution in [2.24, 2.45) is 0 Å². The molecule has 3 rings (SSSR count). The van der Waals surface area contributed by atoms with E-state index in [1.54, 1.807) is 31.2 Å². The third kappa shape index (κ3) is 5.44. The van der Waals surface area contributed by atoms with E-state index in [1.807, 2.05) is 0 Å². The maximum absolute atomic E-state index is 12.7. The van der Waals surface area contributed by atoms with E-state index in [0.29, 0.717) is 24.4 Å². The molecule has 1 atom stereocenters. The predicted molar refractivity (Wildman–Crippen MR) is 114 cm³/mol. The van der Waals surface area contributed by atoms with Crippen LogP contribution in [0.2, 0.25) is 0 Å². The van der Waals surface area contributed by atoms with Gasteiger partial charge in [-0.3, -0.25) is 9.59 Å². The summed E-state index contributed by atoms with van der Waals surface area (Å²) in [5.41, 5.74) is 0.880. The fraction of sp³-hybridized carbons (Fsp3) is 0.591. The van der Waals surface area contributed by atoms with E-state index in [4.69, 9.17) is 4.74 Å². The van der Waals surface area contributed by atoms with Crippen LogP contribution in [0.3, 0.4) is 0 Å². The number of carbonyl (C=O) groups is 3. The highest BCUT2D eigenvalue weighted by Crippen LogP contribution is 2.23. The smallest absolute Gasteiger partial charge is 0.338 e. The third-order valence-electron chi connectivity index (χ3n) is 5.74. The second kappa shape index (κ2) is 10.7. The van der Waals surface area contributed by atoms with E-state index in [-0.39, 0.29) is 18.2 Å². The average Bonchev–Trinajstić information content (AvgIpc) is 3.05. The van der Waals surface area contributed by atoms with Gasteiger partial charge in [0.05, 0.1) is 30.3 Å². The van der Waals surface area contributed by atoms with Crippen molar-refractivity contribution in [1.29, 1.82) is 0 Å². The Morgan fingerprint density at radius 1 is 1.07 bits per heavy atom. The molecule has 2 amide bonds. The van der Waals surface area contributed by atoms with Gasteiger partial charge in [0.2, 0.25) is 5.91 Å². The summed E-state index contributed by atoms with van der Waals surface area (Å²) in [6.45, 7) is 11.4. The van der Waals surface area contributed by atoms with E-state index >= 15 is 0 Å². The summed E-state index contributed by atoms with van der Waals surface area (Å²) in [7, 11) is 0. The van der Waals surface area contributed by atoms with Crippen LogP contribution in [0.4, 0.5) is 5.69 Å². The summed E-state index contributed by atoms with van der Waals surface area (Å²) in [4.78, 5) is 43.0. The molecule has 0 bridgehead atoms. The average molecular weight is 417 g/mol. The third-order valence-corrected chi connectivity index (χ3v) is 5.74. The molecular weight excluding hydrogens is 384 g/mol. The molecule has 1 N–H and O–H groups in total. The van der Waals surface area contributed by atoms with Crippen molar-refractivity contribution in [1.82, 2.24) is 15.1 Å². The van der Waals surface area contributed by atoms with Crippen LogP contribution >= 0.6 is 0 Å². The van der Waals surface area contributed by atoms with Gasteiger partial charge in [-0.25, -0.2) is 9.69 Å². The number of amides is 2. The second-order valence-electron chi connectivity index (χ2n) is 7.68. The number of nitrogens with zero attached hydrogens (tertiary/aromatic N) is 3. The molecule has 0 spiro atoms. The van der Waals surface area contributed by atoms with Crippen LogP contribution in [0.15, 0.2) is 24.3 Å². The van der Waals surface area contributed by atoms with Crippen molar-refractivity contribution in [3.63, 3.8) is 0 Å². The largest absolute Gasteiger partial charge is 0.462 e. The van der Waals surface area contributed by atoms with E-state index in [9.17, 15) is 14.4 Å². The fourth-order valence-electron chi connectivity index (χ4n) is 3.93. The Bertz CT molecular complexity index is 744. The number of hydrogen-bond donors (Lipinski definition) is 1. The summed E-state index contributed by atoms with van der Waals surface area (Å²) in [5.74, 6) is -0.878. The summed E-state index contributed by atoms with van der Waals surface area (Å²) < 4.78 is 4.96. The van der Waals surface area contributed by atoms with Crippen LogP contribution in [0.1, 0.15) is 37.0 Å². The van der Waals surface area contributed by atoms with Gasteiger partial charge < -0.3 is 19.9 Å². The van der Waals surface area contributed by atoms with Crippen molar-refractivity contribution in [2.75, 3.05) is 57.3 Å². The van der Waals surface area contributed by atoms with Gasteiger partial charge in [-0.1, -0.05) is 6.92 Å². The number of hydrogen-bond acceptors (Lipinski definition) is 7. The van der Waals surface area contributed by atoms with Gasteiger partial charge in [0.15, 0.2) is 0 Å². The number of ether oxygens (including phenoxy) is 1. The van der Waals surface area contributed by atoms with Gasteiger partial charge in [0, 0.05) is 26.2 Å². The van der Waals surface area contributed by atoms with Crippen LogP contribution in [0, 0.1) is 0 Å². The molecule has 164 valence electrons. The number of nitrogens with one attached hydrogen (secondary N) is 1. The zero-order valence-electron chi connectivity index (χ0n) is 17.9. The van der Waals surface area contributed by atoms with Crippen LogP contribution in [0.25, 0.3) is 0 Å². The summed E-state index contributed by atoms with van der Waals surface area (Å²) >= 11 is 0. The quantitative estimate of drug-likeness (QED) is 0.367. The molecule has 8 heteroatoms. The molecule has 2 saturated heterocycles. The van der Waals surface area contributed by atoms with E-state index in [2.05, 4.69) is 22.0 Å². The maximum atomic E-state index is 12.7. The SMILES string of the molecule is CCOC(=O)c1ccc(N2C(=O)CC(NCCCN3CCN(CC)CC3)C2=O)cc1. The van der Waals surface area contributed by atoms with E-state index < -0.39 is 12.0 Å². The number of benzene rings is 1. The number of carbonyl (C=O) groups excluding carboxylic acids is 3. The molecule has 2 heterocycles. The molecule has 0 aliphatic carbocycles. The Balaban J connectivity index is 1.46. The Hall–Kier alpha value is -2.29. The Labute approximate surface area is 178 Å². The lowest BCUT2D eigenvalue weighted by Crippen LogP contribution is -2.47. The van der Waals surface area contributed by atoms with Crippen molar-refractivity contribution < 1.29 is 19.1 Å². The zero-order chi connectivity index (χ0) is 21.5. The lowest BCUT2D eigenvalue weighted by atomic mass is 10.2. The normalized spacial score (nSPS) is 20.7. The minimum absolute atomic E-state index is 0.160. The molecule has 30 heavy (non-hydrogen) atoms. The summed E-state index contributed by atoms with van der Waals surface area (Å²) in [5, 5.41) is 3.24. The molecule has 2 aliphatic heterocycles. The van der Waals surface area contributed by atoms with Gasteiger partial charge in [-0.15, -0.1) is 0 Å². The van der Waals surface area contributed by atoms with Crippen LogP contribution in [-0.2, 0) is 14.3 Å². The van der Waals surface area contributed by atoms with Crippen LogP contribution in [0.5, 0.6) is 0 Å². The van der Waals surface area contributed by atoms with Gasteiger partial charge >= 0.3 is 5.97 Å². The summed E-state index contributed by atoms with van der Waals surface area (Å²) in [6.07, 6.45) is 1.10. The minimum Gasteiger partial charge on any atom is -0.462 e. The van der Waals surface area contributed by atoms with Gasteiger partial charge in [-0.2, -0.15) is 0 Å². The predicted octanol–water partition coefficient (Wildman–Crippen LogP) is 1.11. The molecule has 0 radical (unpaired) electrons. The summed E-state index contributed by atoms with van der Waals surface area (Å²) in [6, 6.07) is 5.89. The topological polar surface area (TPSA) is 82.2 Å². The van der Waals surface area contributed by atoms with Crippen molar-refractivity contribution in [3.8, 4) is 0 Å². The molecule has 1 aromatic rings. The number of esters is 1. The number of imide groups is 1. The number of likely N-dealkylation sites (N-methyl/N-ethyl adjacent to an activating group) is 1. The first-order valence-electron chi connectivity index (χ1n) is 10.9. The minimum atomic E-state index is -0.487. The second-order valence-corrected chi connectivity index (χ2v) is 7.68. The first-order chi connectivity index (χ1) is 14.5. The fourth-order valence-corrected chi connectivity index (χ4v) is 3.93. The molecule has 8 nitrogen and oxygen atoms in total. The first-order valence-corrected chi connectivity index (χ1v) is 10.9. The molecule has 0 aromatic heterocycles. The molecular formula is C22H32N4O4. The first kappa shape index (κ1) is 22.4. The maximum Gasteiger partial charge on any atom is 0.338 e. The Morgan fingerprint density at radius 3 is 2.37 bits per heavy atom. The van der Waals surface area contributed by atoms with Gasteiger partial charge in [0.25, 0.3) is 5.91 Å². The number of rotatable bonds is 9. The molecule has 2 fully saturated rings. The van der Waals surface area contributed by atoms with Crippen molar-refractivity contribution >= 4 is 23.5 Å². The lowest BCUT2D eigenvalue weighted by molar-refractivity contribution is -0.121. The highest BCUT2D eigenvalue weighted by molar-refractivity contribution is 6.22. The molecule has 1 aromatic carbocycles. The van der Waals surface area contributed by atoms with Gasteiger partial charge in [0.1, 0.15) is 0 Å². The highest BCUT2D eigenvalue weighted by atomic mass is 16.5. The van der Waals surface area contributed by atoms with E-state index in [0.717, 1.165) is 45.7 Å². The van der Waals surface area contributed by atoms with E-state index in [1.165, 1.54) is 4.90 Å². The monoisotopic (exact) mass is 416 g/mol. The zero-order valence-corrected chi connectivity index (χ0v) is 17.9. The number of anilines is 1. The van der Waals surface area contributed by atoms with Crippen LogP contribution in [-0.4, -0.2) is 86.0 Å². The highest BCUT2D eigenvalue weighted by Gasteiger charge is 2.39. The Kier molecular flexibility index (Phi) is 7.95. The Morgan fingerprint density at radius 2 is 1.73 bits per heavy atom. The van der Waals surface area contributed by atoms with Gasteiger partial charge in [-0.05, 0) is 57.2 Å². The lowest BCUT2D eigenvalue weighted by Gasteiger charge is -2.34. The molecule has 2 aliphatic rings. The molecule has 1 unspecified atom stereocenters. The van der Waals surface area contributed by atoms with Crippen molar-refractivity contribution in [2.45, 2.75) is 32.7 Å². The standard InChI is InChI=1S/C22H32N4O4/c1-3-24-12-14-25(15-13-24)11-5-10-23-19-16-20(27)26(21(19)28)18-8-6-17(7-9-18)22(29)30-4-2/h6-9,19,23H,3-5,10-16H2,1-2H3.